The minimum Gasteiger partial charge on any atom is -0.445 e. The number of nitrogens with one attached hydrogen (secondary N) is 1. The lowest BCUT2D eigenvalue weighted by molar-refractivity contribution is 0.0912. The van der Waals surface area contributed by atoms with Gasteiger partial charge in [-0.25, -0.2) is 9.78 Å². The summed E-state index contributed by atoms with van der Waals surface area (Å²) < 4.78 is 5.43. The molecule has 166 valence electrons. The molecule has 2 heterocycles. The smallest absolute Gasteiger partial charge is 0.410 e. The maximum absolute atomic E-state index is 12.9. The number of ether oxygens (including phenoxy) is 1. The van der Waals surface area contributed by atoms with Crippen molar-refractivity contribution in [3.05, 3.63) is 99.3 Å². The van der Waals surface area contributed by atoms with Crippen molar-refractivity contribution in [2.75, 3.05) is 6.54 Å². The lowest BCUT2D eigenvalue weighted by Crippen LogP contribution is -2.38. The Hall–Kier alpha value is -3.89. The highest BCUT2D eigenvalue weighted by Crippen LogP contribution is 2.25. The average molecular weight is 461 g/mol. The number of nitriles is 1. The molecular formula is C25H21ClN4O3. The summed E-state index contributed by atoms with van der Waals surface area (Å²) in [7, 11) is 0. The second-order valence-corrected chi connectivity index (χ2v) is 8.02. The van der Waals surface area contributed by atoms with Crippen molar-refractivity contribution in [3.63, 3.8) is 0 Å². The minimum absolute atomic E-state index is 0.191. The Morgan fingerprint density at radius 2 is 1.88 bits per heavy atom. The zero-order chi connectivity index (χ0) is 23.2. The van der Waals surface area contributed by atoms with Gasteiger partial charge in [-0.3, -0.25) is 4.79 Å². The molecule has 3 aromatic rings. The van der Waals surface area contributed by atoms with E-state index in [1.165, 1.54) is 0 Å². The molecule has 8 heteroatoms. The van der Waals surface area contributed by atoms with E-state index in [0.717, 1.165) is 22.3 Å². The van der Waals surface area contributed by atoms with Gasteiger partial charge in [-0.2, -0.15) is 5.26 Å². The Labute approximate surface area is 196 Å². The van der Waals surface area contributed by atoms with Gasteiger partial charge in [-0.05, 0) is 46.9 Å². The van der Waals surface area contributed by atoms with E-state index in [-0.39, 0.29) is 23.4 Å². The number of hydrogen-bond acceptors (Lipinski definition) is 5. The maximum Gasteiger partial charge on any atom is 0.410 e. The molecule has 0 bridgehead atoms. The molecule has 0 fully saturated rings. The van der Waals surface area contributed by atoms with Crippen molar-refractivity contribution < 1.29 is 14.3 Å². The standard InChI is InChI=1S/C25H21ClN4O3/c26-22-12-20-15-30(25(32)33-16-19-4-2-1-3-5-19)11-10-21(20)23(29-22)24(31)28-14-18-8-6-17(13-27)7-9-18/h1-9,12H,10-11,14-16H2,(H,28,31). The number of hydrogen-bond donors (Lipinski definition) is 1. The van der Waals surface area contributed by atoms with Crippen LogP contribution in [0, 0.1) is 11.3 Å². The predicted molar refractivity (Wildman–Crippen MR) is 122 cm³/mol. The van der Waals surface area contributed by atoms with E-state index in [1.54, 1.807) is 35.2 Å². The molecule has 0 saturated carbocycles. The Balaban J connectivity index is 1.41. The van der Waals surface area contributed by atoms with Crippen LogP contribution in [0.2, 0.25) is 5.15 Å². The van der Waals surface area contributed by atoms with Crippen LogP contribution in [0.3, 0.4) is 0 Å². The molecule has 2 amide bonds. The number of rotatable bonds is 5. The first-order valence-electron chi connectivity index (χ1n) is 10.4. The van der Waals surface area contributed by atoms with Crippen molar-refractivity contribution in [3.8, 4) is 6.07 Å². The quantitative estimate of drug-likeness (QED) is 0.575. The Morgan fingerprint density at radius 3 is 2.61 bits per heavy atom. The van der Waals surface area contributed by atoms with Crippen LogP contribution >= 0.6 is 11.6 Å². The number of carbonyl (C=O) groups is 2. The van der Waals surface area contributed by atoms with Crippen LogP contribution in [0.1, 0.15) is 38.3 Å². The van der Waals surface area contributed by atoms with Gasteiger partial charge in [-0.1, -0.05) is 54.1 Å². The summed E-state index contributed by atoms with van der Waals surface area (Å²) in [6, 6.07) is 20.2. The third kappa shape index (κ3) is 5.48. The SMILES string of the molecule is N#Cc1ccc(CNC(=O)c2nc(Cl)cc3c2CCN(C(=O)OCc2ccccc2)C3)cc1. The molecule has 1 aliphatic heterocycles. The predicted octanol–water partition coefficient (Wildman–Crippen LogP) is 4.23. The molecule has 2 aromatic carbocycles. The van der Waals surface area contributed by atoms with Gasteiger partial charge in [0.15, 0.2) is 0 Å². The Bertz CT molecular complexity index is 1210. The number of amides is 2. The molecule has 1 aromatic heterocycles. The molecule has 1 N–H and O–H groups in total. The fourth-order valence-electron chi connectivity index (χ4n) is 3.66. The summed E-state index contributed by atoms with van der Waals surface area (Å²) in [5.74, 6) is -0.335. The minimum atomic E-state index is -0.413. The molecule has 0 spiro atoms. The van der Waals surface area contributed by atoms with Crippen molar-refractivity contribution in [1.29, 1.82) is 5.26 Å². The lowest BCUT2D eigenvalue weighted by atomic mass is 9.98. The van der Waals surface area contributed by atoms with Crippen LogP contribution in [0.15, 0.2) is 60.7 Å². The molecule has 7 nitrogen and oxygen atoms in total. The Kier molecular flexibility index (Phi) is 6.86. The summed E-state index contributed by atoms with van der Waals surface area (Å²) in [5.41, 5.74) is 4.17. The second-order valence-electron chi connectivity index (χ2n) is 7.63. The number of carbonyl (C=O) groups excluding carboxylic acids is 2. The topological polar surface area (TPSA) is 95.3 Å². The highest BCUT2D eigenvalue weighted by atomic mass is 35.5. The molecule has 0 unspecified atom stereocenters. The van der Waals surface area contributed by atoms with E-state index in [9.17, 15) is 9.59 Å². The summed E-state index contributed by atoms with van der Waals surface area (Å²) >= 11 is 6.19. The van der Waals surface area contributed by atoms with Crippen LogP contribution in [0.5, 0.6) is 0 Å². The lowest BCUT2D eigenvalue weighted by Gasteiger charge is -2.29. The zero-order valence-corrected chi connectivity index (χ0v) is 18.5. The van der Waals surface area contributed by atoms with E-state index in [4.69, 9.17) is 21.6 Å². The van der Waals surface area contributed by atoms with Crippen molar-refractivity contribution in [2.24, 2.45) is 0 Å². The molecule has 1 aliphatic rings. The molecule has 0 aliphatic carbocycles. The van der Waals surface area contributed by atoms with E-state index in [1.807, 2.05) is 30.3 Å². The van der Waals surface area contributed by atoms with E-state index in [0.29, 0.717) is 31.6 Å². The third-order valence-electron chi connectivity index (χ3n) is 5.39. The number of fused-ring (bicyclic) bond motifs is 1. The van der Waals surface area contributed by atoms with E-state index in [2.05, 4.69) is 16.4 Å². The molecular weight excluding hydrogens is 440 g/mol. The zero-order valence-electron chi connectivity index (χ0n) is 17.8. The van der Waals surface area contributed by atoms with Gasteiger partial charge in [0.1, 0.15) is 17.5 Å². The van der Waals surface area contributed by atoms with Gasteiger partial charge in [0.25, 0.3) is 5.91 Å². The van der Waals surface area contributed by atoms with E-state index >= 15 is 0 Å². The number of nitrogens with zero attached hydrogens (tertiary/aromatic N) is 3. The van der Waals surface area contributed by atoms with Gasteiger partial charge < -0.3 is 15.0 Å². The van der Waals surface area contributed by atoms with Gasteiger partial charge in [0.05, 0.1) is 11.6 Å². The van der Waals surface area contributed by atoms with Gasteiger partial charge in [-0.15, -0.1) is 0 Å². The summed E-state index contributed by atoms with van der Waals surface area (Å²) in [6.07, 6.45) is 0.0591. The fraction of sp³-hybridized carbons (Fsp3) is 0.200. The summed E-state index contributed by atoms with van der Waals surface area (Å²) in [4.78, 5) is 31.2. The van der Waals surface area contributed by atoms with Crippen LogP contribution < -0.4 is 5.32 Å². The first-order valence-corrected chi connectivity index (χ1v) is 10.8. The normalized spacial score (nSPS) is 12.4. The first kappa shape index (κ1) is 22.3. The van der Waals surface area contributed by atoms with Crippen molar-refractivity contribution in [1.82, 2.24) is 15.2 Å². The van der Waals surface area contributed by atoms with Crippen LogP contribution in [-0.2, 0) is 30.9 Å². The summed E-state index contributed by atoms with van der Waals surface area (Å²) in [6.45, 7) is 1.20. The van der Waals surface area contributed by atoms with Gasteiger partial charge in [0, 0.05) is 19.6 Å². The highest BCUT2D eigenvalue weighted by molar-refractivity contribution is 6.29. The molecule has 4 rings (SSSR count). The van der Waals surface area contributed by atoms with Crippen LogP contribution in [0.25, 0.3) is 0 Å². The Morgan fingerprint density at radius 1 is 1.12 bits per heavy atom. The largest absolute Gasteiger partial charge is 0.445 e. The number of benzene rings is 2. The number of aromatic nitrogens is 1. The van der Waals surface area contributed by atoms with Crippen LogP contribution in [-0.4, -0.2) is 28.4 Å². The fourth-order valence-corrected chi connectivity index (χ4v) is 3.87. The van der Waals surface area contributed by atoms with Gasteiger partial charge in [0.2, 0.25) is 0 Å². The first-order chi connectivity index (χ1) is 16.0. The van der Waals surface area contributed by atoms with Crippen molar-refractivity contribution in [2.45, 2.75) is 26.1 Å². The highest BCUT2D eigenvalue weighted by Gasteiger charge is 2.27. The van der Waals surface area contributed by atoms with Gasteiger partial charge >= 0.3 is 6.09 Å². The van der Waals surface area contributed by atoms with Crippen molar-refractivity contribution >= 4 is 23.6 Å². The number of pyridine rings is 1. The monoisotopic (exact) mass is 460 g/mol. The molecule has 0 saturated heterocycles. The summed E-state index contributed by atoms with van der Waals surface area (Å²) in [5, 5.41) is 11.9. The maximum atomic E-state index is 12.9. The molecule has 0 atom stereocenters. The third-order valence-corrected chi connectivity index (χ3v) is 5.59. The molecule has 0 radical (unpaired) electrons. The molecule has 33 heavy (non-hydrogen) atoms. The number of halogens is 1. The van der Waals surface area contributed by atoms with E-state index < -0.39 is 6.09 Å². The second kappa shape index (κ2) is 10.2. The van der Waals surface area contributed by atoms with Crippen LogP contribution in [0.4, 0.5) is 4.79 Å². The average Bonchev–Trinajstić information content (AvgIpc) is 2.85.